The molecule has 1 radical (unpaired) electrons. The molecule has 5 nitrogen and oxygen atoms in total. The molecule has 0 amide bonds. The van der Waals surface area contributed by atoms with Crippen LogP contribution in [0.3, 0.4) is 0 Å². The maximum Gasteiger partial charge on any atom is 0.340 e. The molecule has 20 heavy (non-hydrogen) atoms. The normalized spacial score (nSPS) is 10.7. The minimum absolute atomic E-state index is 0.446. The van der Waals surface area contributed by atoms with Gasteiger partial charge in [-0.05, 0) is 47.4 Å². The van der Waals surface area contributed by atoms with Crippen molar-refractivity contribution in [1.82, 2.24) is 20.2 Å². The number of hydrogen-bond acceptors (Lipinski definition) is 4. The Morgan fingerprint density at radius 2 is 2.20 bits per heavy atom. The first-order chi connectivity index (χ1) is 9.85. The van der Waals surface area contributed by atoms with E-state index in [0.717, 1.165) is 37.8 Å². The molecule has 1 aromatic carbocycles. The maximum atomic E-state index is 5.54. The van der Waals surface area contributed by atoms with Crippen molar-refractivity contribution in [3.05, 3.63) is 36.8 Å². The smallest absolute Gasteiger partial charge is 0.340 e. The largest absolute Gasteiger partial charge is 0.462 e. The maximum absolute atomic E-state index is 5.54. The minimum atomic E-state index is 0.446. The highest BCUT2D eigenvalue weighted by atomic mass is 16.5. The van der Waals surface area contributed by atoms with Crippen LogP contribution in [0.2, 0.25) is 0 Å². The van der Waals surface area contributed by atoms with Crippen molar-refractivity contribution < 1.29 is 4.74 Å². The van der Waals surface area contributed by atoms with Crippen LogP contribution in [0.1, 0.15) is 38.2 Å². The Morgan fingerprint density at radius 3 is 3.00 bits per heavy atom. The topological polar surface area (TPSA) is 52.8 Å². The molecule has 107 valence electrons. The summed E-state index contributed by atoms with van der Waals surface area (Å²) in [7, 11) is 0. The third kappa shape index (κ3) is 3.79. The average Bonchev–Trinajstić information content (AvgIpc) is 2.94. The molecule has 2 aromatic rings. The molecule has 0 bridgehead atoms. The number of aromatic nitrogens is 4. The standard InChI is InChI=1S/C15H21N4O/c1-3-5-6-8-13-9-7-10-14(12-13)19-15(16-17-18-19)20-11-4-2/h7,9-10,12H,1,3-6,8,11H2,2H3. The lowest BCUT2D eigenvalue weighted by atomic mass is 10.1. The van der Waals surface area contributed by atoms with Crippen molar-refractivity contribution in [1.29, 1.82) is 0 Å². The van der Waals surface area contributed by atoms with Crippen LogP contribution in [-0.4, -0.2) is 26.8 Å². The summed E-state index contributed by atoms with van der Waals surface area (Å²) in [6.45, 7) is 6.54. The molecule has 0 fully saturated rings. The third-order valence-electron chi connectivity index (χ3n) is 3.00. The molecule has 0 spiro atoms. The second-order valence-corrected chi connectivity index (χ2v) is 4.70. The highest BCUT2D eigenvalue weighted by molar-refractivity contribution is 5.36. The van der Waals surface area contributed by atoms with E-state index in [2.05, 4.69) is 41.5 Å². The summed E-state index contributed by atoms with van der Waals surface area (Å²) in [6.07, 6.45) is 5.28. The van der Waals surface area contributed by atoms with E-state index in [1.165, 1.54) is 5.56 Å². The first-order valence-electron chi connectivity index (χ1n) is 7.15. The van der Waals surface area contributed by atoms with E-state index in [9.17, 15) is 0 Å². The number of rotatable bonds is 8. The first-order valence-corrected chi connectivity index (χ1v) is 7.15. The minimum Gasteiger partial charge on any atom is -0.462 e. The van der Waals surface area contributed by atoms with Crippen molar-refractivity contribution in [3.63, 3.8) is 0 Å². The van der Waals surface area contributed by atoms with Crippen molar-refractivity contribution >= 4 is 0 Å². The highest BCUT2D eigenvalue weighted by Crippen LogP contribution is 2.16. The van der Waals surface area contributed by atoms with Gasteiger partial charge in [-0.1, -0.05) is 43.9 Å². The lowest BCUT2D eigenvalue weighted by molar-refractivity contribution is 0.284. The van der Waals surface area contributed by atoms with E-state index in [1.54, 1.807) is 4.68 Å². The van der Waals surface area contributed by atoms with Gasteiger partial charge in [0.1, 0.15) is 0 Å². The molecule has 1 heterocycles. The van der Waals surface area contributed by atoms with E-state index in [4.69, 9.17) is 4.74 Å². The first kappa shape index (κ1) is 14.5. The van der Waals surface area contributed by atoms with Gasteiger partial charge in [-0.3, -0.25) is 0 Å². The summed E-state index contributed by atoms with van der Waals surface area (Å²) < 4.78 is 7.18. The molecule has 1 aromatic heterocycles. The van der Waals surface area contributed by atoms with Gasteiger partial charge in [-0.15, -0.1) is 0 Å². The lowest BCUT2D eigenvalue weighted by Crippen LogP contribution is -2.05. The second-order valence-electron chi connectivity index (χ2n) is 4.70. The number of ether oxygens (including phenoxy) is 1. The number of tetrazole rings is 1. The van der Waals surface area contributed by atoms with Gasteiger partial charge >= 0.3 is 6.01 Å². The van der Waals surface area contributed by atoms with Crippen molar-refractivity contribution in [2.45, 2.75) is 39.0 Å². The lowest BCUT2D eigenvalue weighted by Gasteiger charge is -2.07. The summed E-state index contributed by atoms with van der Waals surface area (Å²) in [5, 5.41) is 11.6. The van der Waals surface area contributed by atoms with Crippen LogP contribution < -0.4 is 4.74 Å². The summed E-state index contributed by atoms with van der Waals surface area (Å²) in [5.41, 5.74) is 2.22. The van der Waals surface area contributed by atoms with Gasteiger partial charge in [0.25, 0.3) is 0 Å². The Morgan fingerprint density at radius 1 is 1.30 bits per heavy atom. The van der Waals surface area contributed by atoms with Crippen molar-refractivity contribution in [2.75, 3.05) is 6.61 Å². The predicted molar refractivity (Wildman–Crippen MR) is 77.9 cm³/mol. The van der Waals surface area contributed by atoms with Gasteiger partial charge in [0.15, 0.2) is 0 Å². The zero-order valence-corrected chi connectivity index (χ0v) is 12.0. The molecule has 0 aliphatic heterocycles. The van der Waals surface area contributed by atoms with Crippen LogP contribution in [0.15, 0.2) is 24.3 Å². The fourth-order valence-electron chi connectivity index (χ4n) is 1.97. The van der Waals surface area contributed by atoms with Crippen LogP contribution in [0.5, 0.6) is 6.01 Å². The van der Waals surface area contributed by atoms with E-state index >= 15 is 0 Å². The van der Waals surface area contributed by atoms with Crippen molar-refractivity contribution in [2.24, 2.45) is 0 Å². The molecule has 0 saturated carbocycles. The van der Waals surface area contributed by atoms with Crippen LogP contribution >= 0.6 is 0 Å². The van der Waals surface area contributed by atoms with E-state index < -0.39 is 0 Å². The fourth-order valence-corrected chi connectivity index (χ4v) is 1.97. The molecule has 0 N–H and O–H groups in total. The summed E-state index contributed by atoms with van der Waals surface area (Å²) in [6, 6.07) is 8.70. The predicted octanol–water partition coefficient (Wildman–Crippen LogP) is 3.00. The Kier molecular flexibility index (Phi) is 5.53. The number of nitrogens with zero attached hydrogens (tertiary/aromatic N) is 4. The van der Waals surface area contributed by atoms with Crippen LogP contribution in [0.4, 0.5) is 0 Å². The van der Waals surface area contributed by atoms with E-state index in [0.29, 0.717) is 12.6 Å². The number of hydrogen-bond donors (Lipinski definition) is 0. The third-order valence-corrected chi connectivity index (χ3v) is 3.00. The zero-order valence-electron chi connectivity index (χ0n) is 12.0. The summed E-state index contributed by atoms with van der Waals surface area (Å²) in [5.74, 6) is 0. The Bertz CT molecular complexity index is 524. The molecule has 0 aliphatic rings. The Balaban J connectivity index is 2.12. The molecular weight excluding hydrogens is 252 g/mol. The fraction of sp³-hybridized carbons (Fsp3) is 0.467. The van der Waals surface area contributed by atoms with Crippen LogP contribution in [-0.2, 0) is 6.42 Å². The monoisotopic (exact) mass is 273 g/mol. The van der Waals surface area contributed by atoms with Gasteiger partial charge < -0.3 is 4.74 Å². The molecular formula is C15H21N4O. The van der Waals surface area contributed by atoms with Crippen LogP contribution in [0.25, 0.3) is 5.69 Å². The molecule has 0 saturated heterocycles. The quantitative estimate of drug-likeness (QED) is 0.694. The van der Waals surface area contributed by atoms with Crippen molar-refractivity contribution in [3.8, 4) is 11.7 Å². The zero-order chi connectivity index (χ0) is 14.2. The SMILES string of the molecule is [CH2]CCCCc1cccc(-n2nnnc2OCCC)c1. The molecule has 5 heteroatoms. The van der Waals surface area contributed by atoms with E-state index in [-0.39, 0.29) is 0 Å². The number of aryl methyl sites for hydroxylation is 1. The van der Waals surface area contributed by atoms with E-state index in [1.807, 2.05) is 12.1 Å². The van der Waals surface area contributed by atoms with Gasteiger partial charge in [-0.25, -0.2) is 0 Å². The van der Waals surface area contributed by atoms with Gasteiger partial charge in [0.05, 0.1) is 12.3 Å². The second kappa shape index (κ2) is 7.62. The summed E-state index contributed by atoms with van der Waals surface area (Å²) >= 11 is 0. The highest BCUT2D eigenvalue weighted by Gasteiger charge is 2.09. The molecule has 0 unspecified atom stereocenters. The molecule has 0 atom stereocenters. The number of unbranched alkanes of at least 4 members (excludes halogenated alkanes) is 2. The van der Waals surface area contributed by atoms with Gasteiger partial charge in [-0.2, -0.15) is 4.68 Å². The molecule has 0 aliphatic carbocycles. The number of benzene rings is 1. The van der Waals surface area contributed by atoms with Crippen LogP contribution in [0, 0.1) is 6.92 Å². The Hall–Kier alpha value is -1.91. The summed E-state index contributed by atoms with van der Waals surface area (Å²) in [4.78, 5) is 0. The Labute approximate surface area is 120 Å². The molecule has 2 rings (SSSR count). The average molecular weight is 273 g/mol. The van der Waals surface area contributed by atoms with Gasteiger partial charge in [0, 0.05) is 0 Å². The van der Waals surface area contributed by atoms with Gasteiger partial charge in [0.2, 0.25) is 0 Å².